The van der Waals surface area contributed by atoms with Crippen LogP contribution in [-0.4, -0.2) is 15.3 Å². The predicted octanol–water partition coefficient (Wildman–Crippen LogP) is 3.24. The highest BCUT2D eigenvalue weighted by Crippen LogP contribution is 2.28. The molecule has 0 spiro atoms. The third kappa shape index (κ3) is 1.56. The molecule has 17 heavy (non-hydrogen) atoms. The van der Waals surface area contributed by atoms with Crippen molar-refractivity contribution in [2.75, 3.05) is 0 Å². The number of benzene rings is 2. The van der Waals surface area contributed by atoms with Crippen LogP contribution in [0.1, 0.15) is 5.56 Å². The molecule has 0 amide bonds. The van der Waals surface area contributed by atoms with Crippen LogP contribution in [-0.2, 0) is 0 Å². The van der Waals surface area contributed by atoms with Crippen LogP contribution < -0.4 is 0 Å². The van der Waals surface area contributed by atoms with Crippen molar-refractivity contribution in [2.24, 2.45) is 0 Å². The first-order chi connectivity index (χ1) is 8.25. The Hall–Kier alpha value is -2.29. The van der Waals surface area contributed by atoms with Gasteiger partial charge in [-0.05, 0) is 36.8 Å². The molecule has 0 unspecified atom stereocenters. The number of aryl methyl sites for hydroxylation is 1. The van der Waals surface area contributed by atoms with Gasteiger partial charge < -0.3 is 5.11 Å². The Morgan fingerprint density at radius 1 is 1.06 bits per heavy atom. The smallest absolute Gasteiger partial charge is 0.115 e. The molecule has 3 nitrogen and oxygen atoms in total. The molecule has 0 aliphatic rings. The fourth-order valence-corrected chi connectivity index (χ4v) is 2.02. The molecule has 2 N–H and O–H groups in total. The molecular weight excluding hydrogens is 212 g/mol. The zero-order chi connectivity index (χ0) is 11.8. The van der Waals surface area contributed by atoms with Gasteiger partial charge in [0.15, 0.2) is 0 Å². The molecule has 0 atom stereocenters. The SMILES string of the molecule is Cc1cccc2c(-c3ccc(O)cc3)n[nH]c12. The van der Waals surface area contributed by atoms with E-state index in [4.69, 9.17) is 0 Å². The third-order valence-corrected chi connectivity index (χ3v) is 2.95. The molecule has 1 heterocycles. The molecule has 1 aromatic heterocycles. The highest BCUT2D eigenvalue weighted by Gasteiger charge is 2.08. The van der Waals surface area contributed by atoms with Crippen molar-refractivity contribution in [1.29, 1.82) is 0 Å². The van der Waals surface area contributed by atoms with Crippen LogP contribution in [0.25, 0.3) is 22.2 Å². The largest absolute Gasteiger partial charge is 0.508 e. The minimum Gasteiger partial charge on any atom is -0.508 e. The van der Waals surface area contributed by atoms with E-state index < -0.39 is 0 Å². The topological polar surface area (TPSA) is 48.9 Å². The van der Waals surface area contributed by atoms with Crippen molar-refractivity contribution >= 4 is 10.9 Å². The summed E-state index contributed by atoms with van der Waals surface area (Å²) in [6.45, 7) is 2.06. The number of nitrogens with one attached hydrogen (secondary N) is 1. The number of phenols is 1. The van der Waals surface area contributed by atoms with E-state index in [1.165, 1.54) is 5.56 Å². The number of aromatic amines is 1. The van der Waals surface area contributed by atoms with Crippen molar-refractivity contribution in [3.05, 3.63) is 48.0 Å². The summed E-state index contributed by atoms with van der Waals surface area (Å²) >= 11 is 0. The fourth-order valence-electron chi connectivity index (χ4n) is 2.02. The van der Waals surface area contributed by atoms with Gasteiger partial charge in [0.2, 0.25) is 0 Å². The van der Waals surface area contributed by atoms with Gasteiger partial charge in [0.05, 0.1) is 11.2 Å². The highest BCUT2D eigenvalue weighted by atomic mass is 16.3. The van der Waals surface area contributed by atoms with Crippen LogP contribution >= 0.6 is 0 Å². The molecule has 84 valence electrons. The molecular formula is C14H12N2O. The number of phenolic OH excluding ortho intramolecular Hbond substituents is 1. The number of para-hydroxylation sites is 1. The first kappa shape index (κ1) is 9.90. The first-order valence-corrected chi connectivity index (χ1v) is 5.49. The minimum absolute atomic E-state index is 0.268. The van der Waals surface area contributed by atoms with Crippen molar-refractivity contribution < 1.29 is 5.11 Å². The molecule has 0 aliphatic carbocycles. The standard InChI is InChI=1S/C14H12N2O/c1-9-3-2-4-12-13(9)15-16-14(12)10-5-7-11(17)8-6-10/h2-8,17H,1H3,(H,15,16). The molecule has 0 saturated carbocycles. The summed E-state index contributed by atoms with van der Waals surface area (Å²) in [7, 11) is 0. The van der Waals surface area contributed by atoms with Crippen molar-refractivity contribution in [1.82, 2.24) is 10.2 Å². The molecule has 0 bridgehead atoms. The Bertz CT molecular complexity index is 668. The zero-order valence-electron chi connectivity index (χ0n) is 9.44. The van der Waals surface area contributed by atoms with E-state index in [-0.39, 0.29) is 5.75 Å². The number of rotatable bonds is 1. The van der Waals surface area contributed by atoms with Crippen LogP contribution in [0.15, 0.2) is 42.5 Å². The quantitative estimate of drug-likeness (QED) is 0.666. The first-order valence-electron chi connectivity index (χ1n) is 5.49. The van der Waals surface area contributed by atoms with Gasteiger partial charge in [-0.15, -0.1) is 0 Å². The maximum Gasteiger partial charge on any atom is 0.115 e. The maximum absolute atomic E-state index is 9.28. The maximum atomic E-state index is 9.28. The van der Waals surface area contributed by atoms with Crippen LogP contribution in [0.3, 0.4) is 0 Å². The number of aromatic hydroxyl groups is 1. The highest BCUT2D eigenvalue weighted by molar-refractivity contribution is 5.94. The molecule has 0 aliphatic heterocycles. The number of hydrogen-bond acceptors (Lipinski definition) is 2. The monoisotopic (exact) mass is 224 g/mol. The van der Waals surface area contributed by atoms with E-state index in [1.807, 2.05) is 24.3 Å². The lowest BCUT2D eigenvalue weighted by Crippen LogP contribution is -1.78. The van der Waals surface area contributed by atoms with Gasteiger partial charge in [-0.1, -0.05) is 18.2 Å². The van der Waals surface area contributed by atoms with Gasteiger partial charge in [-0.2, -0.15) is 5.10 Å². The van der Waals surface area contributed by atoms with Gasteiger partial charge in [0, 0.05) is 10.9 Å². The van der Waals surface area contributed by atoms with Gasteiger partial charge in [-0.25, -0.2) is 0 Å². The van der Waals surface area contributed by atoms with Crippen molar-refractivity contribution in [3.63, 3.8) is 0 Å². The molecule has 3 rings (SSSR count). The van der Waals surface area contributed by atoms with E-state index in [0.717, 1.165) is 22.2 Å². The third-order valence-electron chi connectivity index (χ3n) is 2.95. The molecule has 0 saturated heterocycles. The van der Waals surface area contributed by atoms with Crippen LogP contribution in [0, 0.1) is 6.92 Å². The Kier molecular flexibility index (Phi) is 2.11. The lowest BCUT2D eigenvalue weighted by molar-refractivity contribution is 0.475. The van der Waals surface area contributed by atoms with Gasteiger partial charge >= 0.3 is 0 Å². The normalized spacial score (nSPS) is 10.9. The van der Waals surface area contributed by atoms with Crippen molar-refractivity contribution in [2.45, 2.75) is 6.92 Å². The summed E-state index contributed by atoms with van der Waals surface area (Å²) in [6, 6.07) is 13.2. The fraction of sp³-hybridized carbons (Fsp3) is 0.0714. The Labute approximate surface area is 98.7 Å². The summed E-state index contributed by atoms with van der Waals surface area (Å²) in [5.74, 6) is 0.268. The number of nitrogens with zero attached hydrogens (tertiary/aromatic N) is 1. The average Bonchev–Trinajstić information content (AvgIpc) is 2.75. The Morgan fingerprint density at radius 2 is 1.82 bits per heavy atom. The lowest BCUT2D eigenvalue weighted by Gasteiger charge is -1.99. The van der Waals surface area contributed by atoms with Crippen LogP contribution in [0.2, 0.25) is 0 Å². The van der Waals surface area contributed by atoms with E-state index in [2.05, 4.69) is 23.2 Å². The minimum atomic E-state index is 0.268. The van der Waals surface area contributed by atoms with Crippen LogP contribution in [0.5, 0.6) is 5.75 Å². The molecule has 3 aromatic rings. The summed E-state index contributed by atoms with van der Waals surface area (Å²) < 4.78 is 0. The van der Waals surface area contributed by atoms with Crippen LogP contribution in [0.4, 0.5) is 0 Å². The average molecular weight is 224 g/mol. The summed E-state index contributed by atoms with van der Waals surface area (Å²) in [5.41, 5.74) is 4.17. The van der Waals surface area contributed by atoms with Gasteiger partial charge in [-0.3, -0.25) is 5.10 Å². The van der Waals surface area contributed by atoms with E-state index in [1.54, 1.807) is 12.1 Å². The number of H-pyrrole nitrogens is 1. The second kappa shape index (κ2) is 3.63. The van der Waals surface area contributed by atoms with E-state index >= 15 is 0 Å². The summed E-state index contributed by atoms with van der Waals surface area (Å²) in [4.78, 5) is 0. The van der Waals surface area contributed by atoms with Gasteiger partial charge in [0.25, 0.3) is 0 Å². The van der Waals surface area contributed by atoms with E-state index in [9.17, 15) is 5.11 Å². The zero-order valence-corrected chi connectivity index (χ0v) is 9.44. The molecule has 2 aromatic carbocycles. The number of hydrogen-bond donors (Lipinski definition) is 2. The van der Waals surface area contributed by atoms with Crippen molar-refractivity contribution in [3.8, 4) is 17.0 Å². The lowest BCUT2D eigenvalue weighted by atomic mass is 10.1. The second-order valence-corrected chi connectivity index (χ2v) is 4.12. The number of fused-ring (bicyclic) bond motifs is 1. The molecule has 0 radical (unpaired) electrons. The van der Waals surface area contributed by atoms with Gasteiger partial charge in [0.1, 0.15) is 5.75 Å². The Balaban J connectivity index is 2.24. The predicted molar refractivity (Wildman–Crippen MR) is 67.9 cm³/mol. The number of aromatic nitrogens is 2. The second-order valence-electron chi connectivity index (χ2n) is 4.12. The summed E-state index contributed by atoms with van der Waals surface area (Å²) in [5, 5.41) is 17.8. The summed E-state index contributed by atoms with van der Waals surface area (Å²) in [6.07, 6.45) is 0. The molecule has 0 fully saturated rings. The Morgan fingerprint density at radius 3 is 2.59 bits per heavy atom. The molecule has 3 heteroatoms. The van der Waals surface area contributed by atoms with E-state index in [0.29, 0.717) is 0 Å².